The molecule has 0 radical (unpaired) electrons. The zero-order valence-electron chi connectivity index (χ0n) is 29.2. The fraction of sp³-hybridized carbons (Fsp3) is 0.649. The van der Waals surface area contributed by atoms with Crippen molar-refractivity contribution in [2.75, 3.05) is 0 Å². The number of phenolic OH excluding ortho intramolecular Hbond substituents is 1. The summed E-state index contributed by atoms with van der Waals surface area (Å²) >= 11 is 0. The van der Waals surface area contributed by atoms with Gasteiger partial charge in [0, 0.05) is 42.4 Å². The van der Waals surface area contributed by atoms with E-state index in [9.17, 15) is 50.1 Å². The predicted octanol–water partition coefficient (Wildman–Crippen LogP) is 0.433. The van der Waals surface area contributed by atoms with Gasteiger partial charge in [0.25, 0.3) is 0 Å². The summed E-state index contributed by atoms with van der Waals surface area (Å²) < 4.78 is 30.0. The molecule has 4 fully saturated rings. The van der Waals surface area contributed by atoms with E-state index in [0.717, 1.165) is 0 Å². The molecule has 0 amide bonds. The van der Waals surface area contributed by atoms with E-state index in [1.165, 1.54) is 24.3 Å². The third-order valence-electron chi connectivity index (χ3n) is 11.5. The van der Waals surface area contributed by atoms with Crippen LogP contribution >= 0.6 is 0 Å². The van der Waals surface area contributed by atoms with E-state index in [2.05, 4.69) is 0 Å². The number of Topliss-reactive ketones (excluding diaryl/α,β-unsaturated/α-hetero) is 3. The van der Waals surface area contributed by atoms with Gasteiger partial charge in [0.15, 0.2) is 35.5 Å². The Hall–Kier alpha value is -2.93. The number of ketones is 3. The van der Waals surface area contributed by atoms with E-state index in [1.807, 2.05) is 0 Å². The van der Waals surface area contributed by atoms with Gasteiger partial charge in [0.1, 0.15) is 29.7 Å². The molecule has 0 spiro atoms. The van der Waals surface area contributed by atoms with Gasteiger partial charge < -0.3 is 59.4 Å². The van der Waals surface area contributed by atoms with Crippen LogP contribution in [0.15, 0.2) is 35.4 Å². The van der Waals surface area contributed by atoms with Gasteiger partial charge in [-0.05, 0) is 45.3 Å². The van der Waals surface area contributed by atoms with Crippen LogP contribution in [-0.2, 0) is 28.5 Å². The van der Waals surface area contributed by atoms with Crippen molar-refractivity contribution in [1.82, 2.24) is 0 Å². The summed E-state index contributed by atoms with van der Waals surface area (Å²) in [5.74, 6) is -3.29. The molecule has 1 saturated carbocycles. The molecule has 1 aromatic carbocycles. The van der Waals surface area contributed by atoms with Gasteiger partial charge in [0.05, 0.1) is 53.9 Å². The van der Waals surface area contributed by atoms with Crippen LogP contribution < -0.4 is 0 Å². The predicted molar refractivity (Wildman–Crippen MR) is 176 cm³/mol. The van der Waals surface area contributed by atoms with Gasteiger partial charge in [-0.15, -0.1) is 0 Å². The second kappa shape index (κ2) is 13.4. The van der Waals surface area contributed by atoms with E-state index < -0.39 is 113 Å². The number of phenols is 1. The number of rotatable bonds is 5. The standard InChI is InChI=1S/C37H46O15/c1-14-9-25(41)37(47)29-20(33(45)28-19(34(29)46)6-5-18(32(28)44)24-10-21(38)30(42)15(2)48-24)7-8-36(37,13-14)52-27-12-23(40)35(17(4)50-27)51-26-11-22(39)31(43)16(3)49-26/h5-8,14-17,21-24,26-27,30-31,35,38-40,42-44,47H,9-13H2,1-4H3/t14-,15-,16-,17+,21-,22-,23+,24-,26-,27+,30-,31+,35-,36+,37+/m1/s1. The molecule has 1 aromatic rings. The first-order valence-corrected chi connectivity index (χ1v) is 17.8. The molecule has 0 aromatic heterocycles. The molecule has 7 rings (SSSR count). The molecule has 15 heteroatoms. The van der Waals surface area contributed by atoms with Crippen LogP contribution in [-0.4, -0.2) is 132 Å². The third-order valence-corrected chi connectivity index (χ3v) is 11.5. The Balaban J connectivity index is 1.17. The van der Waals surface area contributed by atoms with Crippen molar-refractivity contribution >= 4 is 17.3 Å². The van der Waals surface area contributed by atoms with Crippen LogP contribution in [0.4, 0.5) is 0 Å². The summed E-state index contributed by atoms with van der Waals surface area (Å²) in [7, 11) is 0. The molecular weight excluding hydrogens is 684 g/mol. The number of carbonyl (C=O) groups is 3. The second-order valence-corrected chi connectivity index (χ2v) is 15.2. The van der Waals surface area contributed by atoms with Crippen LogP contribution in [0.3, 0.4) is 0 Å². The monoisotopic (exact) mass is 730 g/mol. The number of fused-ring (bicyclic) bond motifs is 3. The molecule has 3 aliphatic carbocycles. The Morgan fingerprint density at radius 3 is 2.08 bits per heavy atom. The maximum absolute atomic E-state index is 14.3. The Morgan fingerprint density at radius 1 is 0.788 bits per heavy atom. The largest absolute Gasteiger partial charge is 0.507 e. The smallest absolute Gasteiger partial charge is 0.198 e. The number of benzene rings is 1. The lowest BCUT2D eigenvalue weighted by molar-refractivity contribution is -0.329. The highest BCUT2D eigenvalue weighted by atomic mass is 16.7. The molecule has 3 heterocycles. The van der Waals surface area contributed by atoms with Crippen LogP contribution in [0.1, 0.15) is 92.2 Å². The molecule has 0 bridgehead atoms. The van der Waals surface area contributed by atoms with Crippen LogP contribution in [0.2, 0.25) is 0 Å². The summed E-state index contributed by atoms with van der Waals surface area (Å²) in [6.45, 7) is 6.56. The van der Waals surface area contributed by atoms with Crippen molar-refractivity contribution in [2.45, 2.75) is 145 Å². The van der Waals surface area contributed by atoms with E-state index >= 15 is 0 Å². The zero-order valence-corrected chi connectivity index (χ0v) is 29.2. The Morgan fingerprint density at radius 2 is 1.42 bits per heavy atom. The molecule has 7 N–H and O–H groups in total. The number of allylic oxidation sites excluding steroid dienone is 2. The van der Waals surface area contributed by atoms with Gasteiger partial charge in [-0.3, -0.25) is 14.4 Å². The minimum Gasteiger partial charge on any atom is -0.507 e. The normalized spacial score (nSPS) is 45.0. The highest BCUT2D eigenvalue weighted by molar-refractivity contribution is 6.31. The van der Waals surface area contributed by atoms with E-state index in [-0.39, 0.29) is 60.3 Å². The summed E-state index contributed by atoms with van der Waals surface area (Å²) in [4.78, 5) is 42.5. The van der Waals surface area contributed by atoms with Crippen molar-refractivity contribution in [3.63, 3.8) is 0 Å². The zero-order chi connectivity index (χ0) is 37.6. The van der Waals surface area contributed by atoms with E-state index in [1.54, 1.807) is 27.7 Å². The molecule has 52 heavy (non-hydrogen) atoms. The van der Waals surface area contributed by atoms with Gasteiger partial charge in [-0.25, -0.2) is 0 Å². The summed E-state index contributed by atoms with van der Waals surface area (Å²) in [6.07, 6.45) is -9.67. The maximum atomic E-state index is 14.3. The number of ether oxygens (including phenoxy) is 5. The van der Waals surface area contributed by atoms with E-state index in [0.29, 0.717) is 0 Å². The minimum absolute atomic E-state index is 0.0322. The van der Waals surface area contributed by atoms with Gasteiger partial charge in [-0.2, -0.15) is 0 Å². The van der Waals surface area contributed by atoms with Gasteiger partial charge >= 0.3 is 0 Å². The van der Waals surface area contributed by atoms with Gasteiger partial charge in [0.2, 0.25) is 0 Å². The topological polar surface area (TPSA) is 239 Å². The van der Waals surface area contributed by atoms with Crippen molar-refractivity contribution in [3.8, 4) is 5.75 Å². The van der Waals surface area contributed by atoms with Crippen molar-refractivity contribution in [3.05, 3.63) is 52.1 Å². The SMILES string of the molecule is C[C@@H]1CC(=O)[C@]2(O)C3=C(C=C[C@]2(O[C@H]2C[C@H](O)[C@H](O[C@@H]4C[C@@H](O)[C@@H](O)[C@@H](C)O4)[C@H](C)O2)C1)C(=O)c1c(ccc([C@H]2C[C@@H](O)[C@H](O)[C@@H](C)O2)c1O)C3=O. The molecular formula is C37H46O15. The molecule has 3 saturated heterocycles. The van der Waals surface area contributed by atoms with Crippen molar-refractivity contribution in [1.29, 1.82) is 0 Å². The number of carbonyl (C=O) groups excluding carboxylic acids is 3. The minimum atomic E-state index is -2.64. The lowest BCUT2D eigenvalue weighted by atomic mass is 9.58. The highest BCUT2D eigenvalue weighted by Gasteiger charge is 2.66. The van der Waals surface area contributed by atoms with Crippen LogP contribution in [0.5, 0.6) is 5.75 Å². The maximum Gasteiger partial charge on any atom is 0.198 e. The van der Waals surface area contributed by atoms with Crippen molar-refractivity contribution < 1.29 is 73.8 Å². The fourth-order valence-corrected chi connectivity index (χ4v) is 8.76. The third kappa shape index (κ3) is 5.82. The summed E-state index contributed by atoms with van der Waals surface area (Å²) in [6, 6.07) is 2.68. The Kier molecular flexibility index (Phi) is 9.65. The van der Waals surface area contributed by atoms with Crippen molar-refractivity contribution in [2.24, 2.45) is 5.92 Å². The molecule has 284 valence electrons. The quantitative estimate of drug-likeness (QED) is 0.218. The number of aliphatic hydroxyl groups excluding tert-OH is 5. The van der Waals surface area contributed by atoms with Crippen LogP contribution in [0.25, 0.3) is 0 Å². The number of hydrogen-bond donors (Lipinski definition) is 7. The number of aliphatic hydroxyl groups is 6. The summed E-state index contributed by atoms with van der Waals surface area (Å²) in [5.41, 5.74) is -5.75. The fourth-order valence-electron chi connectivity index (χ4n) is 8.76. The molecule has 6 aliphatic rings. The summed E-state index contributed by atoms with van der Waals surface area (Å²) in [5, 5.41) is 75.8. The molecule has 3 aliphatic heterocycles. The molecule has 0 unspecified atom stereocenters. The van der Waals surface area contributed by atoms with Gasteiger partial charge in [-0.1, -0.05) is 19.1 Å². The lowest BCUT2D eigenvalue weighted by Gasteiger charge is -2.54. The molecule has 15 atom stereocenters. The van der Waals surface area contributed by atoms with Crippen LogP contribution in [0, 0.1) is 5.92 Å². The Bertz CT molecular complexity index is 1670. The second-order valence-electron chi connectivity index (χ2n) is 15.2. The first-order valence-electron chi connectivity index (χ1n) is 17.8. The molecule has 15 nitrogen and oxygen atoms in total. The highest BCUT2D eigenvalue weighted by Crippen LogP contribution is 2.53. The Labute approximate surface area is 299 Å². The number of hydrogen-bond acceptors (Lipinski definition) is 15. The number of aromatic hydroxyl groups is 1. The first-order chi connectivity index (χ1) is 24.5. The first kappa shape index (κ1) is 37.4. The average molecular weight is 731 g/mol. The van der Waals surface area contributed by atoms with E-state index in [4.69, 9.17) is 23.7 Å². The average Bonchev–Trinajstić information content (AvgIpc) is 3.06. The lowest BCUT2D eigenvalue weighted by Crippen LogP contribution is -2.68.